The number of halogens is 2. The summed E-state index contributed by atoms with van der Waals surface area (Å²) in [5.41, 5.74) is 1.76. The first-order chi connectivity index (χ1) is 11.0. The molecule has 0 atom stereocenters. The topological polar surface area (TPSA) is 55.1 Å². The van der Waals surface area contributed by atoms with Gasteiger partial charge >= 0.3 is 0 Å². The molecule has 1 aromatic heterocycles. The molecule has 0 aliphatic rings. The van der Waals surface area contributed by atoms with Crippen molar-refractivity contribution >= 4 is 23.2 Å². The molecule has 1 amide bonds. The molecule has 6 heteroatoms. The molecule has 2 aromatic carbocycles. The third kappa shape index (κ3) is 3.24. The summed E-state index contributed by atoms with van der Waals surface area (Å²) < 4.78 is 19.1. The molecule has 0 unspecified atom stereocenters. The van der Waals surface area contributed by atoms with Gasteiger partial charge in [0.15, 0.2) is 0 Å². The Morgan fingerprint density at radius 2 is 2.04 bits per heavy atom. The van der Waals surface area contributed by atoms with Gasteiger partial charge in [0.1, 0.15) is 12.1 Å². The van der Waals surface area contributed by atoms with Gasteiger partial charge in [-0.15, -0.1) is 0 Å². The van der Waals surface area contributed by atoms with Crippen LogP contribution in [0.4, 0.5) is 10.1 Å². The van der Waals surface area contributed by atoms with Crippen molar-refractivity contribution in [2.45, 2.75) is 6.92 Å². The Kier molecular flexibility index (Phi) is 4.12. The molecule has 0 aliphatic heterocycles. The fourth-order valence-electron chi connectivity index (χ4n) is 2.12. The maximum Gasteiger partial charge on any atom is 0.260 e. The second-order valence-corrected chi connectivity index (χ2v) is 5.33. The number of aromatic nitrogens is 1. The van der Waals surface area contributed by atoms with E-state index in [0.717, 1.165) is 5.69 Å². The second kappa shape index (κ2) is 6.22. The zero-order valence-electron chi connectivity index (χ0n) is 12.1. The third-order valence-electron chi connectivity index (χ3n) is 3.18. The van der Waals surface area contributed by atoms with E-state index in [9.17, 15) is 9.18 Å². The molecule has 0 saturated heterocycles. The lowest BCUT2D eigenvalue weighted by molar-refractivity contribution is 0.102. The zero-order valence-corrected chi connectivity index (χ0v) is 12.9. The quantitative estimate of drug-likeness (QED) is 0.757. The lowest BCUT2D eigenvalue weighted by Gasteiger charge is -2.08. The van der Waals surface area contributed by atoms with Crippen molar-refractivity contribution in [2.75, 3.05) is 5.32 Å². The van der Waals surface area contributed by atoms with Crippen molar-refractivity contribution in [3.63, 3.8) is 0 Å². The van der Waals surface area contributed by atoms with E-state index in [-0.39, 0.29) is 10.6 Å². The lowest BCUT2D eigenvalue weighted by Crippen LogP contribution is -2.14. The zero-order chi connectivity index (χ0) is 16.4. The van der Waals surface area contributed by atoms with Gasteiger partial charge in [-0.3, -0.25) is 4.79 Å². The third-order valence-corrected chi connectivity index (χ3v) is 3.49. The minimum atomic E-state index is -0.672. The van der Waals surface area contributed by atoms with Crippen LogP contribution in [-0.4, -0.2) is 10.9 Å². The van der Waals surface area contributed by atoms with Crippen LogP contribution in [0.15, 0.2) is 53.1 Å². The lowest BCUT2D eigenvalue weighted by atomic mass is 10.1. The summed E-state index contributed by atoms with van der Waals surface area (Å²) in [7, 11) is 0. The number of amides is 1. The first-order valence-electron chi connectivity index (χ1n) is 6.82. The number of carbonyl (C=O) groups is 1. The van der Waals surface area contributed by atoms with Gasteiger partial charge in [-0.25, -0.2) is 9.37 Å². The van der Waals surface area contributed by atoms with E-state index in [2.05, 4.69) is 10.3 Å². The molecule has 0 saturated carbocycles. The van der Waals surface area contributed by atoms with Gasteiger partial charge in [0.25, 0.3) is 5.91 Å². The van der Waals surface area contributed by atoms with E-state index in [4.69, 9.17) is 16.0 Å². The Morgan fingerprint density at radius 3 is 2.74 bits per heavy atom. The highest BCUT2D eigenvalue weighted by Gasteiger charge is 2.16. The number of hydrogen-bond acceptors (Lipinski definition) is 3. The SMILES string of the molecule is Cc1coc(-c2cccc(NC(=O)c3c(F)cccc3Cl)c2)n1. The highest BCUT2D eigenvalue weighted by atomic mass is 35.5. The van der Waals surface area contributed by atoms with Gasteiger partial charge in [0.05, 0.1) is 16.3 Å². The first-order valence-corrected chi connectivity index (χ1v) is 7.20. The van der Waals surface area contributed by atoms with E-state index in [1.165, 1.54) is 18.2 Å². The second-order valence-electron chi connectivity index (χ2n) is 4.93. The number of aryl methyl sites for hydroxylation is 1. The molecule has 0 fully saturated rings. The minimum Gasteiger partial charge on any atom is -0.444 e. The van der Waals surface area contributed by atoms with E-state index in [1.807, 2.05) is 6.92 Å². The summed E-state index contributed by atoms with van der Waals surface area (Å²) in [4.78, 5) is 16.5. The van der Waals surface area contributed by atoms with Crippen LogP contribution in [0.5, 0.6) is 0 Å². The summed E-state index contributed by atoms with van der Waals surface area (Å²) in [5.74, 6) is -0.842. The maximum atomic E-state index is 13.8. The summed E-state index contributed by atoms with van der Waals surface area (Å²) >= 11 is 5.89. The molecule has 0 spiro atoms. The summed E-state index contributed by atoms with van der Waals surface area (Å²) in [6, 6.07) is 11.0. The Bertz CT molecular complexity index is 856. The van der Waals surface area contributed by atoms with Gasteiger partial charge in [-0.1, -0.05) is 23.7 Å². The average molecular weight is 331 g/mol. The molecule has 1 N–H and O–H groups in total. The number of carbonyl (C=O) groups excluding carboxylic acids is 1. The normalized spacial score (nSPS) is 10.6. The van der Waals surface area contributed by atoms with Crippen LogP contribution in [0.2, 0.25) is 5.02 Å². The molecule has 0 aliphatic carbocycles. The van der Waals surface area contributed by atoms with Crippen LogP contribution in [0.25, 0.3) is 11.5 Å². The number of anilines is 1. The van der Waals surface area contributed by atoms with Crippen LogP contribution in [-0.2, 0) is 0 Å². The van der Waals surface area contributed by atoms with Crippen molar-refractivity contribution in [1.29, 1.82) is 0 Å². The summed E-state index contributed by atoms with van der Waals surface area (Å²) in [5, 5.41) is 2.68. The molecule has 0 bridgehead atoms. The molecule has 4 nitrogen and oxygen atoms in total. The van der Waals surface area contributed by atoms with Crippen LogP contribution in [0, 0.1) is 12.7 Å². The Labute approximate surface area is 136 Å². The van der Waals surface area contributed by atoms with Gasteiger partial charge in [-0.05, 0) is 37.3 Å². The summed E-state index contributed by atoms with van der Waals surface area (Å²) in [6.45, 7) is 1.82. The smallest absolute Gasteiger partial charge is 0.260 e. The molecular weight excluding hydrogens is 319 g/mol. The van der Waals surface area contributed by atoms with E-state index in [0.29, 0.717) is 17.1 Å². The fourth-order valence-corrected chi connectivity index (χ4v) is 2.37. The number of benzene rings is 2. The van der Waals surface area contributed by atoms with E-state index < -0.39 is 11.7 Å². The highest BCUT2D eigenvalue weighted by molar-refractivity contribution is 6.34. The van der Waals surface area contributed by atoms with Crippen molar-refractivity contribution in [2.24, 2.45) is 0 Å². The van der Waals surface area contributed by atoms with Crippen LogP contribution in [0.1, 0.15) is 16.1 Å². The molecular formula is C17H12ClFN2O2. The molecule has 1 heterocycles. The van der Waals surface area contributed by atoms with E-state index >= 15 is 0 Å². The average Bonchev–Trinajstić information content (AvgIpc) is 2.94. The fraction of sp³-hybridized carbons (Fsp3) is 0.0588. The van der Waals surface area contributed by atoms with Crippen LogP contribution in [0.3, 0.4) is 0 Å². The molecule has 116 valence electrons. The van der Waals surface area contributed by atoms with Gasteiger partial charge < -0.3 is 9.73 Å². The van der Waals surface area contributed by atoms with Crippen LogP contribution >= 0.6 is 11.6 Å². The highest BCUT2D eigenvalue weighted by Crippen LogP contribution is 2.24. The number of hydrogen-bond donors (Lipinski definition) is 1. The van der Waals surface area contributed by atoms with Gasteiger partial charge in [0.2, 0.25) is 5.89 Å². The predicted molar refractivity (Wildman–Crippen MR) is 86.0 cm³/mol. The molecule has 23 heavy (non-hydrogen) atoms. The van der Waals surface area contributed by atoms with Crippen LogP contribution < -0.4 is 5.32 Å². The van der Waals surface area contributed by atoms with Crippen molar-refractivity contribution in [3.05, 3.63) is 70.8 Å². The molecule has 3 aromatic rings. The first kappa shape index (κ1) is 15.2. The van der Waals surface area contributed by atoms with Gasteiger partial charge in [-0.2, -0.15) is 0 Å². The standard InChI is InChI=1S/C17H12ClFN2O2/c1-10-9-23-17(20-10)11-4-2-5-12(8-11)21-16(22)15-13(18)6-3-7-14(15)19/h2-9H,1H3,(H,21,22). The number of rotatable bonds is 3. The Hall–Kier alpha value is -2.66. The molecule has 3 rings (SSSR count). The van der Waals surface area contributed by atoms with E-state index in [1.54, 1.807) is 30.5 Å². The number of nitrogens with zero attached hydrogens (tertiary/aromatic N) is 1. The summed E-state index contributed by atoms with van der Waals surface area (Å²) in [6.07, 6.45) is 1.54. The number of nitrogens with one attached hydrogen (secondary N) is 1. The minimum absolute atomic E-state index is 0.0574. The largest absolute Gasteiger partial charge is 0.444 e. The van der Waals surface area contributed by atoms with Crippen molar-refractivity contribution < 1.29 is 13.6 Å². The van der Waals surface area contributed by atoms with Crippen molar-refractivity contribution in [1.82, 2.24) is 4.98 Å². The Morgan fingerprint density at radius 1 is 1.26 bits per heavy atom. The monoisotopic (exact) mass is 330 g/mol. The predicted octanol–water partition coefficient (Wildman–Crippen LogP) is 4.69. The number of oxazole rings is 1. The Balaban J connectivity index is 1.87. The van der Waals surface area contributed by atoms with Crippen molar-refractivity contribution in [3.8, 4) is 11.5 Å². The molecule has 0 radical (unpaired) electrons. The maximum absolute atomic E-state index is 13.8. The van der Waals surface area contributed by atoms with Gasteiger partial charge in [0, 0.05) is 11.3 Å².